The molecule has 0 spiro atoms. The molecule has 4 nitrogen and oxygen atoms in total. The fourth-order valence-electron chi connectivity index (χ4n) is 2.15. The van der Waals surface area contributed by atoms with E-state index in [1.54, 1.807) is 0 Å². The molecule has 20 heavy (non-hydrogen) atoms. The predicted octanol–water partition coefficient (Wildman–Crippen LogP) is 1.97. The van der Waals surface area contributed by atoms with Crippen LogP contribution in [0, 0.1) is 0 Å². The molecule has 1 aliphatic heterocycles. The van der Waals surface area contributed by atoms with E-state index in [9.17, 15) is 4.79 Å². The highest BCUT2D eigenvalue weighted by molar-refractivity contribution is 7.99. The Bertz CT molecular complexity index is 430. The summed E-state index contributed by atoms with van der Waals surface area (Å²) in [6.07, 6.45) is 0. The van der Waals surface area contributed by atoms with Crippen molar-refractivity contribution in [2.45, 2.75) is 25.9 Å². The lowest BCUT2D eigenvalue weighted by molar-refractivity contribution is -0.123. The third kappa shape index (κ3) is 4.15. The maximum atomic E-state index is 12.1. The lowest BCUT2D eigenvalue weighted by atomic mass is 10.1. The van der Waals surface area contributed by atoms with Gasteiger partial charge in [-0.05, 0) is 31.5 Å². The Morgan fingerprint density at radius 3 is 2.85 bits per heavy atom. The van der Waals surface area contributed by atoms with E-state index in [2.05, 4.69) is 10.6 Å². The van der Waals surface area contributed by atoms with Crippen LogP contribution >= 0.6 is 11.8 Å². The van der Waals surface area contributed by atoms with Gasteiger partial charge in [-0.3, -0.25) is 4.79 Å². The molecule has 0 radical (unpaired) electrons. The molecule has 110 valence electrons. The molecule has 1 fully saturated rings. The van der Waals surface area contributed by atoms with Crippen molar-refractivity contribution in [3.63, 3.8) is 0 Å². The first-order chi connectivity index (χ1) is 9.70. The van der Waals surface area contributed by atoms with Crippen molar-refractivity contribution < 1.29 is 9.53 Å². The van der Waals surface area contributed by atoms with Gasteiger partial charge in [-0.15, -0.1) is 0 Å². The standard InChI is InChI=1S/C15H22N2O2S/c1-3-19-13-6-4-12(5-7-13)11(2)17-15(18)14-10-20-9-8-16-14/h4-7,11,14,16H,3,8-10H2,1-2H3,(H,17,18). The number of hydrogen-bond acceptors (Lipinski definition) is 4. The van der Waals surface area contributed by atoms with Gasteiger partial charge in [-0.25, -0.2) is 0 Å². The fourth-order valence-corrected chi connectivity index (χ4v) is 3.08. The Kier molecular flexibility index (Phi) is 5.73. The number of amides is 1. The quantitative estimate of drug-likeness (QED) is 0.872. The average Bonchev–Trinajstić information content (AvgIpc) is 2.49. The topological polar surface area (TPSA) is 50.4 Å². The van der Waals surface area contributed by atoms with Crippen LogP contribution in [-0.2, 0) is 4.79 Å². The van der Waals surface area contributed by atoms with Crippen LogP contribution in [0.2, 0.25) is 0 Å². The minimum atomic E-state index is -0.0705. The maximum Gasteiger partial charge on any atom is 0.238 e. The number of carbonyl (C=O) groups excluding carboxylic acids is 1. The Morgan fingerprint density at radius 1 is 1.50 bits per heavy atom. The Hall–Kier alpha value is -1.20. The van der Waals surface area contributed by atoms with Crippen LogP contribution in [0.5, 0.6) is 5.75 Å². The first-order valence-corrected chi connectivity index (χ1v) is 8.20. The second-order valence-electron chi connectivity index (χ2n) is 4.81. The zero-order valence-electron chi connectivity index (χ0n) is 12.0. The first-order valence-electron chi connectivity index (χ1n) is 7.05. The molecule has 5 heteroatoms. The number of hydrogen-bond donors (Lipinski definition) is 2. The summed E-state index contributed by atoms with van der Waals surface area (Å²) < 4.78 is 5.42. The molecule has 2 rings (SSSR count). The molecule has 2 N–H and O–H groups in total. The normalized spacial score (nSPS) is 20.2. The highest BCUT2D eigenvalue weighted by Gasteiger charge is 2.22. The Labute approximate surface area is 124 Å². The number of carbonyl (C=O) groups is 1. The van der Waals surface area contributed by atoms with Gasteiger partial charge in [-0.1, -0.05) is 12.1 Å². The monoisotopic (exact) mass is 294 g/mol. The van der Waals surface area contributed by atoms with Gasteiger partial charge in [-0.2, -0.15) is 11.8 Å². The van der Waals surface area contributed by atoms with Gasteiger partial charge in [0.05, 0.1) is 18.7 Å². The third-order valence-electron chi connectivity index (χ3n) is 3.29. The second kappa shape index (κ2) is 7.55. The number of thioether (sulfide) groups is 1. The molecule has 1 heterocycles. The lowest BCUT2D eigenvalue weighted by Gasteiger charge is -2.24. The summed E-state index contributed by atoms with van der Waals surface area (Å²) >= 11 is 1.82. The van der Waals surface area contributed by atoms with Crippen LogP contribution in [-0.4, -0.2) is 36.6 Å². The van der Waals surface area contributed by atoms with Gasteiger partial charge >= 0.3 is 0 Å². The highest BCUT2D eigenvalue weighted by atomic mass is 32.2. The molecule has 1 aromatic rings. The van der Waals surface area contributed by atoms with Gasteiger partial charge in [0.2, 0.25) is 5.91 Å². The van der Waals surface area contributed by atoms with Gasteiger partial charge < -0.3 is 15.4 Å². The zero-order chi connectivity index (χ0) is 14.4. The van der Waals surface area contributed by atoms with Crippen LogP contribution in [0.15, 0.2) is 24.3 Å². The predicted molar refractivity (Wildman–Crippen MR) is 83.3 cm³/mol. The van der Waals surface area contributed by atoms with E-state index in [0.717, 1.165) is 29.4 Å². The minimum absolute atomic E-state index is 0.00639. The molecule has 0 aromatic heterocycles. The largest absolute Gasteiger partial charge is 0.494 e. The summed E-state index contributed by atoms with van der Waals surface area (Å²) in [7, 11) is 0. The molecule has 0 aliphatic carbocycles. The Morgan fingerprint density at radius 2 is 2.25 bits per heavy atom. The summed E-state index contributed by atoms with van der Waals surface area (Å²) in [6, 6.07) is 7.82. The summed E-state index contributed by atoms with van der Waals surface area (Å²) in [5.74, 6) is 2.87. The lowest BCUT2D eigenvalue weighted by Crippen LogP contribution is -2.49. The van der Waals surface area contributed by atoms with Crippen molar-refractivity contribution in [1.29, 1.82) is 0 Å². The minimum Gasteiger partial charge on any atom is -0.494 e. The van der Waals surface area contributed by atoms with Crippen LogP contribution < -0.4 is 15.4 Å². The third-order valence-corrected chi connectivity index (χ3v) is 4.35. The number of nitrogens with one attached hydrogen (secondary N) is 2. The van der Waals surface area contributed by atoms with Crippen LogP contribution in [0.3, 0.4) is 0 Å². The molecular weight excluding hydrogens is 272 g/mol. The fraction of sp³-hybridized carbons (Fsp3) is 0.533. The highest BCUT2D eigenvalue weighted by Crippen LogP contribution is 2.18. The van der Waals surface area contributed by atoms with Crippen molar-refractivity contribution in [3.8, 4) is 5.75 Å². The van der Waals surface area contributed by atoms with E-state index in [0.29, 0.717) is 6.61 Å². The zero-order valence-corrected chi connectivity index (χ0v) is 12.8. The molecule has 1 amide bonds. The number of ether oxygens (including phenoxy) is 1. The maximum absolute atomic E-state index is 12.1. The summed E-state index contributed by atoms with van der Waals surface area (Å²) in [6.45, 7) is 5.53. The van der Waals surface area contributed by atoms with Gasteiger partial charge in [0.15, 0.2) is 0 Å². The molecule has 2 atom stereocenters. The Balaban J connectivity index is 1.89. The molecule has 0 bridgehead atoms. The number of benzene rings is 1. The van der Waals surface area contributed by atoms with Crippen LogP contribution in [0.1, 0.15) is 25.5 Å². The molecule has 1 aromatic carbocycles. The van der Waals surface area contributed by atoms with E-state index in [1.807, 2.05) is 49.9 Å². The smallest absolute Gasteiger partial charge is 0.238 e. The van der Waals surface area contributed by atoms with Crippen molar-refractivity contribution >= 4 is 17.7 Å². The van der Waals surface area contributed by atoms with E-state index in [1.165, 1.54) is 0 Å². The van der Waals surface area contributed by atoms with Crippen LogP contribution in [0.4, 0.5) is 0 Å². The number of rotatable bonds is 5. The molecule has 1 saturated heterocycles. The van der Waals surface area contributed by atoms with Crippen molar-refractivity contribution in [3.05, 3.63) is 29.8 Å². The molecule has 2 unspecified atom stereocenters. The van der Waals surface area contributed by atoms with E-state index < -0.39 is 0 Å². The molecule has 1 aliphatic rings. The second-order valence-corrected chi connectivity index (χ2v) is 5.96. The van der Waals surface area contributed by atoms with Gasteiger partial charge in [0.25, 0.3) is 0 Å². The van der Waals surface area contributed by atoms with Crippen molar-refractivity contribution in [2.75, 3.05) is 24.7 Å². The molecule has 0 saturated carbocycles. The van der Waals surface area contributed by atoms with Crippen LogP contribution in [0.25, 0.3) is 0 Å². The van der Waals surface area contributed by atoms with E-state index in [-0.39, 0.29) is 18.0 Å². The SMILES string of the molecule is CCOc1ccc(C(C)NC(=O)C2CSCCN2)cc1. The average molecular weight is 294 g/mol. The van der Waals surface area contributed by atoms with Gasteiger partial charge in [0, 0.05) is 18.1 Å². The first kappa shape index (κ1) is 15.2. The van der Waals surface area contributed by atoms with E-state index in [4.69, 9.17) is 4.74 Å². The van der Waals surface area contributed by atoms with E-state index >= 15 is 0 Å². The van der Waals surface area contributed by atoms with Crippen molar-refractivity contribution in [1.82, 2.24) is 10.6 Å². The summed E-state index contributed by atoms with van der Waals surface area (Å²) in [4.78, 5) is 12.1. The summed E-state index contributed by atoms with van der Waals surface area (Å²) in [5, 5.41) is 6.31. The van der Waals surface area contributed by atoms with Crippen molar-refractivity contribution in [2.24, 2.45) is 0 Å². The molecular formula is C15H22N2O2S. The summed E-state index contributed by atoms with van der Waals surface area (Å²) in [5.41, 5.74) is 1.09. The van der Waals surface area contributed by atoms with Gasteiger partial charge in [0.1, 0.15) is 5.75 Å².